The van der Waals surface area contributed by atoms with E-state index in [1.54, 1.807) is 23.2 Å². The number of H-pyrrole nitrogens is 1. The van der Waals surface area contributed by atoms with Gasteiger partial charge in [-0.05, 0) is 52.2 Å². The first-order valence-corrected chi connectivity index (χ1v) is 8.11. The van der Waals surface area contributed by atoms with E-state index in [1.807, 2.05) is 20.8 Å². The van der Waals surface area contributed by atoms with Gasteiger partial charge in [-0.3, -0.25) is 4.79 Å². The quantitative estimate of drug-likeness (QED) is 0.846. The summed E-state index contributed by atoms with van der Waals surface area (Å²) in [5.74, 6) is -0.0883. The molecule has 1 aromatic rings. The zero-order valence-corrected chi connectivity index (χ0v) is 14.1. The first-order valence-electron chi connectivity index (χ1n) is 8.11. The number of carbonyl (C=O) groups is 2. The van der Waals surface area contributed by atoms with Gasteiger partial charge in [-0.15, -0.1) is 0 Å². The zero-order valence-electron chi connectivity index (χ0n) is 14.1. The van der Waals surface area contributed by atoms with Gasteiger partial charge in [0.1, 0.15) is 12.2 Å². The number of rotatable bonds is 5. The molecule has 2 rings (SSSR count). The third kappa shape index (κ3) is 5.39. The molecular weight excluding hydrogens is 296 g/mol. The predicted molar refractivity (Wildman–Crippen MR) is 86.5 cm³/mol. The van der Waals surface area contributed by atoms with Gasteiger partial charge in [-0.2, -0.15) is 0 Å². The molecule has 0 aromatic carbocycles. The van der Waals surface area contributed by atoms with E-state index in [0.717, 1.165) is 19.3 Å². The van der Waals surface area contributed by atoms with Crippen LogP contribution in [0.3, 0.4) is 0 Å². The normalized spacial score (nSPS) is 18.7. The van der Waals surface area contributed by atoms with Gasteiger partial charge in [0.25, 0.3) is 0 Å². The van der Waals surface area contributed by atoms with Crippen LogP contribution in [0.2, 0.25) is 0 Å². The Hall–Kier alpha value is -1.82. The van der Waals surface area contributed by atoms with Crippen LogP contribution >= 0.6 is 0 Å². The van der Waals surface area contributed by atoms with Crippen LogP contribution in [0.4, 0.5) is 4.79 Å². The van der Waals surface area contributed by atoms with Crippen LogP contribution in [0.1, 0.15) is 50.5 Å². The summed E-state index contributed by atoms with van der Waals surface area (Å²) in [6.07, 6.45) is 4.30. The average molecular weight is 322 g/mol. The van der Waals surface area contributed by atoms with Crippen molar-refractivity contribution in [1.82, 2.24) is 9.88 Å². The molecule has 23 heavy (non-hydrogen) atoms. The van der Waals surface area contributed by atoms with E-state index in [2.05, 4.69) is 4.98 Å². The largest absolute Gasteiger partial charge is 0.444 e. The van der Waals surface area contributed by atoms with E-state index in [-0.39, 0.29) is 24.5 Å². The number of nitrogens with one attached hydrogen (secondary N) is 1. The number of ketones is 1. The van der Waals surface area contributed by atoms with Crippen molar-refractivity contribution in [3.05, 3.63) is 24.0 Å². The Kier molecular flexibility index (Phi) is 5.82. The maximum absolute atomic E-state index is 12.3. The Bertz CT molecular complexity index is 519. The lowest BCUT2D eigenvalue weighted by Gasteiger charge is -2.36. The van der Waals surface area contributed by atoms with Gasteiger partial charge in [0.05, 0.1) is 18.3 Å². The fourth-order valence-corrected chi connectivity index (χ4v) is 2.60. The van der Waals surface area contributed by atoms with Crippen molar-refractivity contribution < 1.29 is 19.1 Å². The van der Waals surface area contributed by atoms with Gasteiger partial charge in [0.15, 0.2) is 0 Å². The Balaban J connectivity index is 1.84. The number of ether oxygens (including phenoxy) is 2. The van der Waals surface area contributed by atoms with Crippen LogP contribution in [0.5, 0.6) is 0 Å². The third-order valence-corrected chi connectivity index (χ3v) is 3.70. The second-order valence-electron chi connectivity index (χ2n) is 6.85. The Labute approximate surface area is 137 Å². The minimum atomic E-state index is -0.510. The molecule has 0 spiro atoms. The minimum Gasteiger partial charge on any atom is -0.444 e. The number of carbonyl (C=O) groups excluding carboxylic acids is 2. The fraction of sp³-hybridized carbons (Fsp3) is 0.647. The summed E-state index contributed by atoms with van der Waals surface area (Å²) in [6, 6.07) is 3.47. The highest BCUT2D eigenvalue weighted by molar-refractivity contribution is 5.95. The molecule has 0 bridgehead atoms. The van der Waals surface area contributed by atoms with Crippen molar-refractivity contribution in [3.63, 3.8) is 0 Å². The summed E-state index contributed by atoms with van der Waals surface area (Å²) < 4.78 is 11.0. The highest BCUT2D eigenvalue weighted by Crippen LogP contribution is 2.20. The molecule has 1 N–H and O–H groups in total. The lowest BCUT2D eigenvalue weighted by molar-refractivity contribution is -0.00625. The van der Waals surface area contributed by atoms with E-state index < -0.39 is 5.60 Å². The zero-order chi connectivity index (χ0) is 16.9. The molecular formula is C17H26N2O4. The smallest absolute Gasteiger partial charge is 0.410 e. The molecule has 6 heteroatoms. The van der Waals surface area contributed by atoms with Gasteiger partial charge in [-0.25, -0.2) is 4.79 Å². The van der Waals surface area contributed by atoms with Gasteiger partial charge < -0.3 is 19.4 Å². The summed E-state index contributed by atoms with van der Waals surface area (Å²) in [7, 11) is 0. The van der Waals surface area contributed by atoms with E-state index in [1.165, 1.54) is 0 Å². The molecule has 1 saturated heterocycles. The van der Waals surface area contributed by atoms with E-state index in [9.17, 15) is 9.59 Å². The van der Waals surface area contributed by atoms with E-state index >= 15 is 0 Å². The number of aromatic nitrogens is 1. The Morgan fingerprint density at radius 1 is 1.35 bits per heavy atom. The third-order valence-electron chi connectivity index (χ3n) is 3.70. The molecule has 1 amide bonds. The van der Waals surface area contributed by atoms with Crippen LogP contribution in [-0.4, -0.2) is 53.2 Å². The van der Waals surface area contributed by atoms with Crippen LogP contribution in [0.15, 0.2) is 18.3 Å². The Morgan fingerprint density at radius 2 is 2.13 bits per heavy atom. The summed E-state index contributed by atoms with van der Waals surface area (Å²) in [4.78, 5) is 28.8. The maximum atomic E-state index is 12.3. The van der Waals surface area contributed by atoms with Crippen LogP contribution in [-0.2, 0) is 9.47 Å². The number of hydrogen-bond donors (Lipinski definition) is 1. The molecule has 1 aliphatic rings. The number of hydrogen-bond acceptors (Lipinski definition) is 4. The molecule has 2 heterocycles. The highest BCUT2D eigenvalue weighted by Gasteiger charge is 2.30. The fourth-order valence-electron chi connectivity index (χ4n) is 2.60. The number of nitrogens with zero attached hydrogens (tertiary/aromatic N) is 1. The van der Waals surface area contributed by atoms with E-state index in [0.29, 0.717) is 18.8 Å². The number of likely N-dealkylation sites (tertiary alicyclic amines) is 1. The van der Waals surface area contributed by atoms with E-state index in [4.69, 9.17) is 9.47 Å². The number of Topliss-reactive ketones (excluding diaryl/α,β-unsaturated/α-hetero) is 1. The molecule has 1 fully saturated rings. The second-order valence-corrected chi connectivity index (χ2v) is 6.85. The second kappa shape index (κ2) is 7.64. The summed E-state index contributed by atoms with van der Waals surface area (Å²) in [5, 5.41) is 0. The molecule has 0 radical (unpaired) electrons. The summed E-state index contributed by atoms with van der Waals surface area (Å²) in [6.45, 7) is 6.61. The SMILES string of the molecule is CC(C)(C)OC(=O)N1CCCC[C@@H]1COCC(=O)c1ccc[nH]1. The molecule has 1 aliphatic heterocycles. The monoisotopic (exact) mass is 322 g/mol. The summed E-state index contributed by atoms with van der Waals surface area (Å²) in [5.41, 5.74) is 0.0291. The number of aromatic amines is 1. The molecule has 1 atom stereocenters. The molecule has 0 aliphatic carbocycles. The first kappa shape index (κ1) is 17.5. The van der Waals surface area contributed by atoms with Crippen LogP contribution in [0.25, 0.3) is 0 Å². The van der Waals surface area contributed by atoms with Crippen molar-refractivity contribution in [2.24, 2.45) is 0 Å². The topological polar surface area (TPSA) is 71.6 Å². The molecule has 0 saturated carbocycles. The summed E-state index contributed by atoms with van der Waals surface area (Å²) >= 11 is 0. The van der Waals surface area contributed by atoms with Crippen molar-refractivity contribution in [3.8, 4) is 0 Å². The standard InChI is InChI=1S/C17H26N2O4/c1-17(2,3)23-16(21)19-10-5-4-7-13(19)11-22-12-15(20)14-8-6-9-18-14/h6,8-9,13,18H,4-5,7,10-12H2,1-3H3/t13-/m1/s1. The molecule has 0 unspecified atom stereocenters. The number of piperidine rings is 1. The van der Waals surface area contributed by atoms with Crippen LogP contribution in [0, 0.1) is 0 Å². The minimum absolute atomic E-state index is 0.0131. The van der Waals surface area contributed by atoms with Crippen LogP contribution < -0.4 is 0 Å². The van der Waals surface area contributed by atoms with Crippen molar-refractivity contribution in [1.29, 1.82) is 0 Å². The predicted octanol–water partition coefficient (Wildman–Crippen LogP) is 3.00. The number of amides is 1. The van der Waals surface area contributed by atoms with Gasteiger partial charge in [0.2, 0.25) is 5.78 Å². The Morgan fingerprint density at radius 3 is 2.78 bits per heavy atom. The van der Waals surface area contributed by atoms with Crippen molar-refractivity contribution >= 4 is 11.9 Å². The van der Waals surface area contributed by atoms with Gasteiger partial charge >= 0.3 is 6.09 Å². The highest BCUT2D eigenvalue weighted by atomic mass is 16.6. The first-order chi connectivity index (χ1) is 10.9. The lowest BCUT2D eigenvalue weighted by atomic mass is 10.0. The average Bonchev–Trinajstić information content (AvgIpc) is 3.00. The van der Waals surface area contributed by atoms with Gasteiger partial charge in [0, 0.05) is 12.7 Å². The van der Waals surface area contributed by atoms with Gasteiger partial charge in [-0.1, -0.05) is 0 Å². The molecule has 128 valence electrons. The van der Waals surface area contributed by atoms with Crippen molar-refractivity contribution in [2.45, 2.75) is 51.7 Å². The molecule has 6 nitrogen and oxygen atoms in total. The lowest BCUT2D eigenvalue weighted by Crippen LogP contribution is -2.48. The molecule has 1 aromatic heterocycles. The van der Waals surface area contributed by atoms with Crippen molar-refractivity contribution in [2.75, 3.05) is 19.8 Å². The maximum Gasteiger partial charge on any atom is 0.410 e.